The van der Waals surface area contributed by atoms with Crippen LogP contribution in [0.15, 0.2) is 24.3 Å². The monoisotopic (exact) mass is 398 g/mol. The average molecular weight is 399 g/mol. The molecule has 3 atom stereocenters. The molecule has 6 nitrogen and oxygen atoms in total. The number of rotatable bonds is 7. The molecule has 3 unspecified atom stereocenters. The second-order valence-electron chi connectivity index (χ2n) is 6.29. The molecule has 8 heteroatoms. The van der Waals surface area contributed by atoms with E-state index in [1.54, 1.807) is 47.9 Å². The number of carboxylic acid groups (broad SMARTS) is 1. The molecule has 0 bridgehead atoms. The van der Waals surface area contributed by atoms with Crippen molar-refractivity contribution in [2.45, 2.75) is 31.8 Å². The van der Waals surface area contributed by atoms with Crippen LogP contribution in [0.2, 0.25) is 5.02 Å². The highest BCUT2D eigenvalue weighted by molar-refractivity contribution is 7.98. The third kappa shape index (κ3) is 4.71. The summed E-state index contributed by atoms with van der Waals surface area (Å²) in [5.41, 5.74) is 0.314. The molecule has 1 fully saturated rings. The molecular formula is C18H23ClN2O4S. The van der Waals surface area contributed by atoms with Gasteiger partial charge in [0.15, 0.2) is 0 Å². The molecule has 1 heterocycles. The van der Waals surface area contributed by atoms with Gasteiger partial charge in [0.25, 0.3) is 5.91 Å². The maximum Gasteiger partial charge on any atom is 0.308 e. The van der Waals surface area contributed by atoms with Gasteiger partial charge in [-0.1, -0.05) is 23.7 Å². The van der Waals surface area contributed by atoms with Crippen molar-refractivity contribution in [3.63, 3.8) is 0 Å². The minimum atomic E-state index is -0.895. The fourth-order valence-electron chi connectivity index (χ4n) is 3.16. The Morgan fingerprint density at radius 2 is 2.08 bits per heavy atom. The summed E-state index contributed by atoms with van der Waals surface area (Å²) >= 11 is 7.65. The van der Waals surface area contributed by atoms with Crippen LogP contribution >= 0.6 is 23.4 Å². The second-order valence-corrected chi connectivity index (χ2v) is 7.69. The molecule has 2 rings (SSSR count). The lowest BCUT2D eigenvalue weighted by Gasteiger charge is -2.28. The van der Waals surface area contributed by atoms with Gasteiger partial charge in [0.2, 0.25) is 5.91 Å². The fourth-order valence-corrected chi connectivity index (χ4v) is 3.85. The van der Waals surface area contributed by atoms with Gasteiger partial charge in [0.05, 0.1) is 16.5 Å². The summed E-state index contributed by atoms with van der Waals surface area (Å²) in [4.78, 5) is 38.4. The molecule has 0 aliphatic carbocycles. The van der Waals surface area contributed by atoms with Crippen molar-refractivity contribution >= 4 is 41.1 Å². The average Bonchev–Trinajstić information content (AvgIpc) is 2.99. The Bertz CT molecular complexity index is 685. The summed E-state index contributed by atoms with van der Waals surface area (Å²) in [6.07, 6.45) is 2.82. The predicted octanol–water partition coefficient (Wildman–Crippen LogP) is 2.51. The molecule has 0 aromatic heterocycles. The van der Waals surface area contributed by atoms with Crippen LogP contribution in [0.5, 0.6) is 0 Å². The molecule has 142 valence electrons. The number of hydrogen-bond donors (Lipinski definition) is 2. The van der Waals surface area contributed by atoms with Gasteiger partial charge >= 0.3 is 5.97 Å². The van der Waals surface area contributed by atoms with E-state index in [0.29, 0.717) is 35.7 Å². The number of likely N-dealkylation sites (tertiary alicyclic amines) is 1. The standard InChI is InChI=1S/C18H23ClN2O4S/c1-11-12(18(24)25)7-9-21(11)17(23)15(8-10-26-2)20-16(22)13-5-3-4-6-14(13)19/h3-6,11-12,15H,7-10H2,1-2H3,(H,20,22)(H,24,25). The predicted molar refractivity (Wildman–Crippen MR) is 103 cm³/mol. The number of carbonyl (C=O) groups excluding carboxylic acids is 2. The van der Waals surface area contributed by atoms with Crippen molar-refractivity contribution in [3.8, 4) is 0 Å². The first-order valence-electron chi connectivity index (χ1n) is 8.44. The maximum atomic E-state index is 13.0. The Morgan fingerprint density at radius 3 is 2.65 bits per heavy atom. The van der Waals surface area contributed by atoms with Crippen LogP contribution < -0.4 is 5.32 Å². The number of amides is 2. The maximum absolute atomic E-state index is 13.0. The Balaban J connectivity index is 2.14. The van der Waals surface area contributed by atoms with Crippen LogP contribution in [-0.2, 0) is 9.59 Å². The van der Waals surface area contributed by atoms with E-state index in [9.17, 15) is 19.5 Å². The number of carbonyl (C=O) groups is 3. The first-order chi connectivity index (χ1) is 12.4. The van der Waals surface area contributed by atoms with Gasteiger partial charge in [-0.15, -0.1) is 0 Å². The molecule has 1 saturated heterocycles. The van der Waals surface area contributed by atoms with Crippen molar-refractivity contribution in [2.75, 3.05) is 18.6 Å². The van der Waals surface area contributed by atoms with E-state index in [-0.39, 0.29) is 5.91 Å². The van der Waals surface area contributed by atoms with Crippen LogP contribution in [0.25, 0.3) is 0 Å². The van der Waals surface area contributed by atoms with Gasteiger partial charge in [-0.05, 0) is 43.9 Å². The number of thioether (sulfide) groups is 1. The third-order valence-corrected chi connectivity index (χ3v) is 5.66. The van der Waals surface area contributed by atoms with E-state index >= 15 is 0 Å². The van der Waals surface area contributed by atoms with Gasteiger partial charge in [0, 0.05) is 12.6 Å². The van der Waals surface area contributed by atoms with Gasteiger partial charge in [0.1, 0.15) is 6.04 Å². The van der Waals surface area contributed by atoms with Gasteiger partial charge in [-0.3, -0.25) is 14.4 Å². The van der Waals surface area contributed by atoms with E-state index in [0.717, 1.165) is 0 Å². The Morgan fingerprint density at radius 1 is 1.38 bits per heavy atom. The van der Waals surface area contributed by atoms with Crippen molar-refractivity contribution in [2.24, 2.45) is 5.92 Å². The Labute approximate surface area is 162 Å². The fraction of sp³-hybridized carbons (Fsp3) is 0.500. The SMILES string of the molecule is CSCCC(NC(=O)c1ccccc1Cl)C(=O)N1CCC(C(=O)O)C1C. The number of carboxylic acids is 1. The molecule has 1 aliphatic rings. The van der Waals surface area contributed by atoms with E-state index in [4.69, 9.17) is 11.6 Å². The summed E-state index contributed by atoms with van der Waals surface area (Å²) in [6, 6.07) is 5.56. The van der Waals surface area contributed by atoms with Gasteiger partial charge in [-0.2, -0.15) is 11.8 Å². The zero-order valence-corrected chi connectivity index (χ0v) is 16.3. The summed E-state index contributed by atoms with van der Waals surface area (Å²) in [7, 11) is 0. The smallest absolute Gasteiger partial charge is 0.308 e. The number of halogens is 1. The lowest BCUT2D eigenvalue weighted by atomic mass is 10.0. The van der Waals surface area contributed by atoms with Crippen LogP contribution in [0, 0.1) is 5.92 Å². The highest BCUT2D eigenvalue weighted by Crippen LogP contribution is 2.25. The van der Waals surface area contributed by atoms with Crippen molar-refractivity contribution in [1.82, 2.24) is 10.2 Å². The molecule has 2 N–H and O–H groups in total. The molecule has 1 aliphatic heterocycles. The molecule has 0 saturated carbocycles. The number of nitrogens with one attached hydrogen (secondary N) is 1. The largest absolute Gasteiger partial charge is 0.481 e. The van der Waals surface area contributed by atoms with Crippen molar-refractivity contribution in [3.05, 3.63) is 34.9 Å². The summed E-state index contributed by atoms with van der Waals surface area (Å²) < 4.78 is 0. The van der Waals surface area contributed by atoms with Crippen LogP contribution in [-0.4, -0.2) is 58.4 Å². The molecule has 0 radical (unpaired) electrons. The molecule has 1 aromatic rings. The van der Waals surface area contributed by atoms with E-state index in [1.165, 1.54) is 0 Å². The van der Waals surface area contributed by atoms with E-state index < -0.39 is 29.9 Å². The lowest BCUT2D eigenvalue weighted by Crippen LogP contribution is -2.50. The number of benzene rings is 1. The zero-order valence-electron chi connectivity index (χ0n) is 14.8. The lowest BCUT2D eigenvalue weighted by molar-refractivity contribution is -0.143. The topological polar surface area (TPSA) is 86.7 Å². The first-order valence-corrected chi connectivity index (χ1v) is 10.2. The minimum absolute atomic E-state index is 0.240. The summed E-state index contributed by atoms with van der Waals surface area (Å²) in [5, 5.41) is 12.4. The highest BCUT2D eigenvalue weighted by atomic mass is 35.5. The van der Waals surface area contributed by atoms with Crippen LogP contribution in [0.1, 0.15) is 30.1 Å². The highest BCUT2D eigenvalue weighted by Gasteiger charge is 2.40. The number of aliphatic carboxylic acids is 1. The summed E-state index contributed by atoms with van der Waals surface area (Å²) in [6.45, 7) is 2.12. The third-order valence-electron chi connectivity index (χ3n) is 4.69. The normalized spacial score (nSPS) is 20.7. The van der Waals surface area contributed by atoms with E-state index in [1.807, 2.05) is 6.26 Å². The Hall–Kier alpha value is -1.73. The second kappa shape index (κ2) is 9.28. The van der Waals surface area contributed by atoms with Crippen molar-refractivity contribution in [1.29, 1.82) is 0 Å². The van der Waals surface area contributed by atoms with Gasteiger partial charge in [-0.25, -0.2) is 0 Å². The molecule has 1 aromatic carbocycles. The quantitative estimate of drug-likeness (QED) is 0.736. The van der Waals surface area contributed by atoms with E-state index in [2.05, 4.69) is 5.32 Å². The van der Waals surface area contributed by atoms with Crippen LogP contribution in [0.4, 0.5) is 0 Å². The molecular weight excluding hydrogens is 376 g/mol. The number of hydrogen-bond acceptors (Lipinski definition) is 4. The molecule has 2 amide bonds. The minimum Gasteiger partial charge on any atom is -0.481 e. The van der Waals surface area contributed by atoms with Crippen molar-refractivity contribution < 1.29 is 19.5 Å². The summed E-state index contributed by atoms with van der Waals surface area (Å²) in [5.74, 6) is -1.41. The van der Waals surface area contributed by atoms with Crippen LogP contribution in [0.3, 0.4) is 0 Å². The molecule has 0 spiro atoms. The zero-order chi connectivity index (χ0) is 19.3. The molecule has 26 heavy (non-hydrogen) atoms. The first kappa shape index (κ1) is 20.6. The Kier molecular flexibility index (Phi) is 7.34. The van der Waals surface area contributed by atoms with Gasteiger partial charge < -0.3 is 15.3 Å². The number of nitrogens with zero attached hydrogens (tertiary/aromatic N) is 1.